The normalized spacial score (nSPS) is 11.5. The highest BCUT2D eigenvalue weighted by Gasteiger charge is 2.13. The van der Waals surface area contributed by atoms with Crippen LogP contribution in [0, 0.1) is 0 Å². The zero-order valence-corrected chi connectivity index (χ0v) is 9.86. The summed E-state index contributed by atoms with van der Waals surface area (Å²) in [6.45, 7) is 0. The SMILES string of the molecule is O=S(=O)(Cl)c1ccccc1CCBr. The van der Waals surface area contributed by atoms with Crippen LogP contribution in [0.4, 0.5) is 0 Å². The second kappa shape index (κ2) is 4.44. The Bertz CT molecular complexity index is 389. The van der Waals surface area contributed by atoms with Gasteiger partial charge in [0.05, 0.1) is 4.90 Å². The van der Waals surface area contributed by atoms with Crippen LogP contribution in [-0.4, -0.2) is 13.7 Å². The van der Waals surface area contributed by atoms with Gasteiger partial charge in [0.1, 0.15) is 0 Å². The number of hydrogen-bond donors (Lipinski definition) is 0. The predicted octanol–water partition coefficient (Wildman–Crippen LogP) is 2.55. The molecule has 5 heteroatoms. The van der Waals surface area contributed by atoms with Gasteiger partial charge in [-0.1, -0.05) is 34.1 Å². The van der Waals surface area contributed by atoms with Gasteiger partial charge in [-0.2, -0.15) is 0 Å². The second-order valence-electron chi connectivity index (χ2n) is 2.48. The maximum atomic E-state index is 11.1. The van der Waals surface area contributed by atoms with Crippen LogP contribution in [0.1, 0.15) is 5.56 Å². The topological polar surface area (TPSA) is 34.1 Å². The zero-order valence-electron chi connectivity index (χ0n) is 6.70. The van der Waals surface area contributed by atoms with E-state index >= 15 is 0 Å². The van der Waals surface area contributed by atoms with E-state index in [1.165, 1.54) is 6.07 Å². The van der Waals surface area contributed by atoms with E-state index in [4.69, 9.17) is 10.7 Å². The molecule has 0 aromatic heterocycles. The minimum absolute atomic E-state index is 0.205. The zero-order chi connectivity index (χ0) is 9.90. The highest BCUT2D eigenvalue weighted by Crippen LogP contribution is 2.20. The summed E-state index contributed by atoms with van der Waals surface area (Å²) in [7, 11) is 1.65. The fourth-order valence-electron chi connectivity index (χ4n) is 1.05. The molecule has 0 heterocycles. The molecule has 0 aliphatic rings. The Balaban J connectivity index is 3.20. The first-order valence-corrected chi connectivity index (χ1v) is 7.07. The van der Waals surface area contributed by atoms with Crippen molar-refractivity contribution in [3.8, 4) is 0 Å². The van der Waals surface area contributed by atoms with Gasteiger partial charge < -0.3 is 0 Å². The fourth-order valence-corrected chi connectivity index (χ4v) is 2.65. The smallest absolute Gasteiger partial charge is 0.207 e. The lowest BCUT2D eigenvalue weighted by molar-refractivity contribution is 0.608. The van der Waals surface area contributed by atoms with Crippen molar-refractivity contribution in [2.24, 2.45) is 0 Å². The van der Waals surface area contributed by atoms with Crippen molar-refractivity contribution < 1.29 is 8.42 Å². The third kappa shape index (κ3) is 2.97. The lowest BCUT2D eigenvalue weighted by atomic mass is 10.2. The molecule has 0 aliphatic heterocycles. The predicted molar refractivity (Wildman–Crippen MR) is 57.0 cm³/mol. The number of alkyl halides is 1. The van der Waals surface area contributed by atoms with Crippen molar-refractivity contribution in [1.82, 2.24) is 0 Å². The van der Waals surface area contributed by atoms with Crippen LogP contribution in [0.3, 0.4) is 0 Å². The molecule has 0 atom stereocenters. The standard InChI is InChI=1S/C8H8BrClO2S/c9-6-5-7-3-1-2-4-8(7)13(10,11)12/h1-4H,5-6H2. The molecule has 0 aliphatic carbocycles. The highest BCUT2D eigenvalue weighted by atomic mass is 79.9. The summed E-state index contributed by atoms with van der Waals surface area (Å²) in [5.74, 6) is 0. The molecule has 1 aromatic rings. The molecule has 0 radical (unpaired) electrons. The van der Waals surface area contributed by atoms with E-state index in [-0.39, 0.29) is 4.90 Å². The van der Waals surface area contributed by atoms with E-state index in [9.17, 15) is 8.42 Å². The number of hydrogen-bond acceptors (Lipinski definition) is 2. The summed E-state index contributed by atoms with van der Waals surface area (Å²) in [6.07, 6.45) is 0.655. The van der Waals surface area contributed by atoms with Gasteiger partial charge in [-0.05, 0) is 18.1 Å². The molecule has 0 spiro atoms. The molecular weight excluding hydrogens is 276 g/mol. The molecule has 1 rings (SSSR count). The lowest BCUT2D eigenvalue weighted by Crippen LogP contribution is -1.98. The maximum absolute atomic E-state index is 11.1. The van der Waals surface area contributed by atoms with Crippen molar-refractivity contribution in [2.75, 3.05) is 5.33 Å². The lowest BCUT2D eigenvalue weighted by Gasteiger charge is -2.03. The summed E-state index contributed by atoms with van der Waals surface area (Å²) in [6, 6.07) is 6.73. The molecule has 1 aromatic carbocycles. The summed E-state index contributed by atoms with van der Waals surface area (Å²) in [4.78, 5) is 0.205. The van der Waals surface area contributed by atoms with Crippen molar-refractivity contribution in [3.63, 3.8) is 0 Å². The molecule has 0 amide bonds. The number of halogens is 2. The fraction of sp³-hybridized carbons (Fsp3) is 0.250. The number of rotatable bonds is 3. The van der Waals surface area contributed by atoms with E-state index in [0.717, 1.165) is 10.9 Å². The van der Waals surface area contributed by atoms with Crippen LogP contribution in [0.2, 0.25) is 0 Å². The molecule has 13 heavy (non-hydrogen) atoms. The minimum atomic E-state index is -3.60. The van der Waals surface area contributed by atoms with E-state index in [1.807, 2.05) is 0 Å². The van der Waals surface area contributed by atoms with Crippen molar-refractivity contribution in [1.29, 1.82) is 0 Å². The number of benzene rings is 1. The quantitative estimate of drug-likeness (QED) is 0.631. The molecule has 2 nitrogen and oxygen atoms in total. The van der Waals surface area contributed by atoms with Gasteiger partial charge in [0, 0.05) is 16.0 Å². The average Bonchev–Trinajstić information content (AvgIpc) is 2.04. The summed E-state index contributed by atoms with van der Waals surface area (Å²) in [5, 5.41) is 0.719. The Labute approximate surface area is 90.5 Å². The van der Waals surface area contributed by atoms with E-state index in [1.54, 1.807) is 18.2 Å². The van der Waals surface area contributed by atoms with Gasteiger partial charge in [-0.3, -0.25) is 0 Å². The Kier molecular flexibility index (Phi) is 3.76. The average molecular weight is 284 g/mol. The third-order valence-corrected chi connectivity index (χ3v) is 3.42. The van der Waals surface area contributed by atoms with Crippen LogP contribution in [0.5, 0.6) is 0 Å². The summed E-state index contributed by atoms with van der Waals surface area (Å²) >= 11 is 3.25. The minimum Gasteiger partial charge on any atom is -0.207 e. The summed E-state index contributed by atoms with van der Waals surface area (Å²) in [5.41, 5.74) is 0.745. The van der Waals surface area contributed by atoms with Gasteiger partial charge in [-0.25, -0.2) is 8.42 Å². The molecule has 72 valence electrons. The van der Waals surface area contributed by atoms with E-state index < -0.39 is 9.05 Å². The van der Waals surface area contributed by atoms with Gasteiger partial charge in [0.15, 0.2) is 0 Å². The molecule has 0 saturated carbocycles. The van der Waals surface area contributed by atoms with Crippen molar-refractivity contribution >= 4 is 35.7 Å². The van der Waals surface area contributed by atoms with Crippen LogP contribution in [0.15, 0.2) is 29.2 Å². The van der Waals surface area contributed by atoms with Crippen LogP contribution < -0.4 is 0 Å². The molecule has 0 N–H and O–H groups in total. The Morgan fingerprint density at radius 3 is 2.46 bits per heavy atom. The third-order valence-electron chi connectivity index (χ3n) is 1.60. The van der Waals surface area contributed by atoms with Gasteiger partial charge in [-0.15, -0.1) is 0 Å². The van der Waals surface area contributed by atoms with Gasteiger partial charge in [0.2, 0.25) is 0 Å². The number of aryl methyl sites for hydroxylation is 1. The van der Waals surface area contributed by atoms with Crippen LogP contribution in [0.25, 0.3) is 0 Å². The molecule has 0 bridgehead atoms. The Hall–Kier alpha value is -0.0600. The van der Waals surface area contributed by atoms with Gasteiger partial charge >= 0.3 is 0 Å². The van der Waals surface area contributed by atoms with Crippen LogP contribution in [-0.2, 0) is 15.5 Å². The molecule has 0 fully saturated rings. The second-order valence-corrected chi connectivity index (χ2v) is 5.81. The first kappa shape index (κ1) is 11.0. The molecule has 0 unspecified atom stereocenters. The molecule has 0 saturated heterocycles. The van der Waals surface area contributed by atoms with Gasteiger partial charge in [0.25, 0.3) is 9.05 Å². The highest BCUT2D eigenvalue weighted by molar-refractivity contribution is 9.09. The maximum Gasteiger partial charge on any atom is 0.261 e. The summed E-state index contributed by atoms with van der Waals surface area (Å²) < 4.78 is 22.2. The van der Waals surface area contributed by atoms with E-state index in [2.05, 4.69) is 15.9 Å². The largest absolute Gasteiger partial charge is 0.261 e. The first-order chi connectivity index (χ1) is 6.05. The van der Waals surface area contributed by atoms with E-state index in [0.29, 0.717) is 6.42 Å². The Morgan fingerprint density at radius 2 is 1.92 bits per heavy atom. The monoisotopic (exact) mass is 282 g/mol. The molecular formula is C8H8BrClO2S. The Morgan fingerprint density at radius 1 is 1.31 bits per heavy atom. The first-order valence-electron chi connectivity index (χ1n) is 3.64. The van der Waals surface area contributed by atoms with Crippen molar-refractivity contribution in [3.05, 3.63) is 29.8 Å². The van der Waals surface area contributed by atoms with Crippen molar-refractivity contribution in [2.45, 2.75) is 11.3 Å². The van der Waals surface area contributed by atoms with Crippen LogP contribution >= 0.6 is 26.6 Å².